The second kappa shape index (κ2) is 6.89. The molecule has 4 heteroatoms. The average Bonchev–Trinajstić information content (AvgIpc) is 3.00. The molecule has 1 atom stereocenters. The topological polar surface area (TPSA) is 52.6 Å². The molecule has 1 fully saturated rings. The highest BCUT2D eigenvalue weighted by Crippen LogP contribution is 2.41. The van der Waals surface area contributed by atoms with Gasteiger partial charge >= 0.3 is 0 Å². The van der Waals surface area contributed by atoms with E-state index in [4.69, 9.17) is 0 Å². The van der Waals surface area contributed by atoms with E-state index in [1.54, 1.807) is 17.0 Å². The predicted octanol–water partition coefficient (Wildman–Crippen LogP) is 4.30. The Balaban J connectivity index is 1.82. The normalized spacial score (nSPS) is 16.7. The minimum atomic E-state index is -1.02. The highest BCUT2D eigenvalue weighted by Gasteiger charge is 2.52. The summed E-state index contributed by atoms with van der Waals surface area (Å²) in [7, 11) is 0. The molecule has 0 radical (unpaired) electrons. The first kappa shape index (κ1) is 17.9. The van der Waals surface area contributed by atoms with Gasteiger partial charge in [-0.3, -0.25) is 9.69 Å². The number of phenolic OH excluding ortho intramolecular Hbond substituents is 1. The number of benzene rings is 3. The van der Waals surface area contributed by atoms with Crippen LogP contribution in [0.15, 0.2) is 97.3 Å². The maximum Gasteiger partial charge on any atom is 0.263 e. The Morgan fingerprint density at radius 3 is 1.89 bits per heavy atom. The van der Waals surface area contributed by atoms with Crippen molar-refractivity contribution < 1.29 is 9.90 Å². The summed E-state index contributed by atoms with van der Waals surface area (Å²) >= 11 is 0. The molecule has 1 heterocycles. The number of nitrogens with zero attached hydrogens (tertiary/aromatic N) is 1. The van der Waals surface area contributed by atoms with Gasteiger partial charge in [-0.1, -0.05) is 79.4 Å². The van der Waals surface area contributed by atoms with Gasteiger partial charge in [-0.25, -0.2) is 0 Å². The molecule has 0 saturated carbocycles. The van der Waals surface area contributed by atoms with Gasteiger partial charge in [0, 0.05) is 0 Å². The van der Waals surface area contributed by atoms with E-state index < -0.39 is 5.54 Å². The first-order chi connectivity index (χ1) is 13.5. The van der Waals surface area contributed by atoms with Gasteiger partial charge in [-0.05, 0) is 35.7 Å². The summed E-state index contributed by atoms with van der Waals surface area (Å²) in [4.78, 5) is 15.6. The van der Waals surface area contributed by atoms with E-state index >= 15 is 0 Å². The Labute approximate surface area is 164 Å². The van der Waals surface area contributed by atoms with E-state index in [-0.39, 0.29) is 17.7 Å². The number of nitrogens with one attached hydrogen (secondary N) is 1. The quantitative estimate of drug-likeness (QED) is 0.720. The zero-order valence-electron chi connectivity index (χ0n) is 15.7. The van der Waals surface area contributed by atoms with Gasteiger partial charge in [0.2, 0.25) is 0 Å². The third-order valence-corrected chi connectivity index (χ3v) is 5.34. The Morgan fingerprint density at radius 1 is 0.893 bits per heavy atom. The van der Waals surface area contributed by atoms with Crippen LogP contribution < -0.4 is 5.32 Å². The Hall–Kier alpha value is -3.53. The Kier molecular flexibility index (Phi) is 4.40. The van der Waals surface area contributed by atoms with Gasteiger partial charge < -0.3 is 10.4 Å². The van der Waals surface area contributed by atoms with Crippen molar-refractivity contribution in [2.75, 3.05) is 0 Å². The van der Waals surface area contributed by atoms with Gasteiger partial charge in [0.25, 0.3) is 5.91 Å². The monoisotopic (exact) mass is 370 g/mol. The number of rotatable bonds is 4. The lowest BCUT2D eigenvalue weighted by Crippen LogP contribution is -2.45. The van der Waals surface area contributed by atoms with Crippen LogP contribution >= 0.6 is 0 Å². The van der Waals surface area contributed by atoms with Crippen molar-refractivity contribution >= 4 is 5.91 Å². The maximum absolute atomic E-state index is 13.9. The molecule has 0 aliphatic carbocycles. The fraction of sp³-hybridized carbons (Fsp3) is 0.125. The van der Waals surface area contributed by atoms with Crippen LogP contribution in [0.4, 0.5) is 0 Å². The fourth-order valence-corrected chi connectivity index (χ4v) is 3.88. The number of hydrogen-bond acceptors (Lipinski definition) is 3. The van der Waals surface area contributed by atoms with Crippen molar-refractivity contribution in [3.63, 3.8) is 0 Å². The molecule has 1 unspecified atom stereocenters. The number of phenols is 1. The molecule has 1 aliphatic heterocycles. The molecule has 28 heavy (non-hydrogen) atoms. The number of aromatic hydroxyl groups is 1. The van der Waals surface area contributed by atoms with Gasteiger partial charge in [0.15, 0.2) is 5.54 Å². The fourth-order valence-electron chi connectivity index (χ4n) is 3.88. The molecule has 4 rings (SSSR count). The van der Waals surface area contributed by atoms with Gasteiger partial charge in [-0.15, -0.1) is 0 Å². The van der Waals surface area contributed by atoms with Crippen molar-refractivity contribution in [1.82, 2.24) is 10.2 Å². The van der Waals surface area contributed by atoms with Crippen molar-refractivity contribution in [2.24, 2.45) is 0 Å². The van der Waals surface area contributed by atoms with Crippen LogP contribution in [0.25, 0.3) is 0 Å². The van der Waals surface area contributed by atoms with Crippen LogP contribution in [0.2, 0.25) is 0 Å². The summed E-state index contributed by atoms with van der Waals surface area (Å²) in [5, 5.41) is 13.0. The van der Waals surface area contributed by atoms with Crippen LogP contribution in [0, 0.1) is 0 Å². The second-order valence-electron chi connectivity index (χ2n) is 7.00. The largest absolute Gasteiger partial charge is 0.508 e. The zero-order valence-corrected chi connectivity index (χ0v) is 15.7. The summed E-state index contributed by atoms with van der Waals surface area (Å²) in [5.74, 6) is 0.678. The molecular formula is C24H22N2O2. The number of carbonyl (C=O) groups is 1. The molecule has 4 nitrogen and oxygen atoms in total. The van der Waals surface area contributed by atoms with E-state index in [9.17, 15) is 9.90 Å². The maximum atomic E-state index is 13.9. The first-order valence-electron chi connectivity index (χ1n) is 9.25. The lowest BCUT2D eigenvalue weighted by Gasteiger charge is -2.30. The Morgan fingerprint density at radius 2 is 1.39 bits per heavy atom. The van der Waals surface area contributed by atoms with Crippen molar-refractivity contribution in [3.05, 3.63) is 114 Å². The van der Waals surface area contributed by atoms with Crippen molar-refractivity contribution in [1.29, 1.82) is 0 Å². The third kappa shape index (κ3) is 2.74. The summed E-state index contributed by atoms with van der Waals surface area (Å²) in [6.07, 6.45) is 0. The molecule has 3 aromatic carbocycles. The highest BCUT2D eigenvalue weighted by molar-refractivity contribution is 5.96. The molecule has 1 amide bonds. The molecule has 2 N–H and O–H groups in total. The molecule has 140 valence electrons. The molecular weight excluding hydrogens is 348 g/mol. The van der Waals surface area contributed by atoms with Crippen molar-refractivity contribution in [2.45, 2.75) is 18.5 Å². The molecule has 0 bridgehead atoms. The summed E-state index contributed by atoms with van der Waals surface area (Å²) in [6, 6.07) is 26.1. The van der Waals surface area contributed by atoms with E-state index in [1.165, 1.54) is 0 Å². The van der Waals surface area contributed by atoms with Crippen LogP contribution in [0.5, 0.6) is 5.75 Å². The first-order valence-corrected chi connectivity index (χ1v) is 9.25. The van der Waals surface area contributed by atoms with Gasteiger partial charge in [0.05, 0.1) is 6.04 Å². The Bertz CT molecular complexity index is 958. The van der Waals surface area contributed by atoms with Crippen LogP contribution in [-0.2, 0) is 10.3 Å². The van der Waals surface area contributed by atoms with Crippen molar-refractivity contribution in [3.8, 4) is 5.75 Å². The summed E-state index contributed by atoms with van der Waals surface area (Å²) < 4.78 is 0. The zero-order chi connectivity index (χ0) is 19.7. The van der Waals surface area contributed by atoms with Crippen LogP contribution in [0.1, 0.15) is 29.7 Å². The van der Waals surface area contributed by atoms with Crippen LogP contribution in [0.3, 0.4) is 0 Å². The lowest BCUT2D eigenvalue weighted by molar-refractivity contribution is -0.132. The van der Waals surface area contributed by atoms with E-state index in [0.29, 0.717) is 5.82 Å². The third-order valence-electron chi connectivity index (χ3n) is 5.34. The number of hydrogen-bond donors (Lipinski definition) is 2. The highest BCUT2D eigenvalue weighted by atomic mass is 16.3. The summed E-state index contributed by atoms with van der Waals surface area (Å²) in [5.41, 5.74) is 1.64. The smallest absolute Gasteiger partial charge is 0.263 e. The van der Waals surface area contributed by atoms with Gasteiger partial charge in [-0.2, -0.15) is 0 Å². The molecule has 0 spiro atoms. The SMILES string of the molecule is C=C1NC(c2ccccc2)(c2ccccc2)C(=O)N1C(C)c1ccc(O)cc1. The standard InChI is InChI=1S/C24H22N2O2/c1-17(19-13-15-22(27)16-14-19)26-18(2)25-24(23(26)28,20-9-5-3-6-10-20)21-11-7-4-8-12-21/h3-17,25,27H,2H2,1H3. The molecule has 1 aliphatic rings. The second-order valence-corrected chi connectivity index (χ2v) is 7.00. The van der Waals surface area contributed by atoms with E-state index in [2.05, 4.69) is 11.9 Å². The van der Waals surface area contributed by atoms with E-state index in [1.807, 2.05) is 79.7 Å². The molecule has 0 aromatic heterocycles. The number of carbonyl (C=O) groups excluding carboxylic acids is 1. The predicted molar refractivity (Wildman–Crippen MR) is 109 cm³/mol. The lowest BCUT2D eigenvalue weighted by atomic mass is 9.82. The van der Waals surface area contributed by atoms with Gasteiger partial charge in [0.1, 0.15) is 11.6 Å². The van der Waals surface area contributed by atoms with E-state index in [0.717, 1.165) is 16.7 Å². The summed E-state index contributed by atoms with van der Waals surface area (Å²) in [6.45, 7) is 6.10. The average molecular weight is 370 g/mol. The molecule has 3 aromatic rings. The number of amides is 1. The van der Waals surface area contributed by atoms with Crippen LogP contribution in [-0.4, -0.2) is 15.9 Å². The molecule has 1 saturated heterocycles. The minimum absolute atomic E-state index is 0.0736. The minimum Gasteiger partial charge on any atom is -0.508 e.